The predicted octanol–water partition coefficient (Wildman–Crippen LogP) is 2.87. The number of ketones is 1. The smallest absolute Gasteiger partial charge is 0.257 e. The molecule has 0 unspecified atom stereocenters. The second-order valence-corrected chi connectivity index (χ2v) is 5.60. The molecule has 3 rings (SSSR count). The number of nitrogens with one attached hydrogen (secondary N) is 1. The molecule has 1 heterocycles. The minimum Gasteiger partial charge on any atom is -0.493 e. The van der Waals surface area contributed by atoms with Crippen molar-refractivity contribution < 1.29 is 14.3 Å². The van der Waals surface area contributed by atoms with Crippen molar-refractivity contribution in [2.75, 3.05) is 20.0 Å². The highest BCUT2D eigenvalue weighted by molar-refractivity contribution is 6.12. The van der Waals surface area contributed by atoms with Crippen molar-refractivity contribution >= 4 is 11.6 Å². The number of rotatable bonds is 5. The maximum absolute atomic E-state index is 12.7. The van der Waals surface area contributed by atoms with Crippen LogP contribution < -0.4 is 20.8 Å². The zero-order valence-corrected chi connectivity index (χ0v) is 14.4. The standard InChI is InChI=1S/C20H18N2O4/c1-25-16-9-8-13(10-17(16)26-2)14-11-15(19(21)22-20(14)24)18(23)12-6-4-3-5-7-12/h3-11H,1-2H3,(H3,21,22,24). The van der Waals surface area contributed by atoms with Gasteiger partial charge in [0.15, 0.2) is 17.3 Å². The van der Waals surface area contributed by atoms with Crippen molar-refractivity contribution in [3.63, 3.8) is 0 Å². The van der Waals surface area contributed by atoms with Gasteiger partial charge in [0.1, 0.15) is 5.82 Å². The minimum atomic E-state index is -0.390. The highest BCUT2D eigenvalue weighted by atomic mass is 16.5. The molecule has 6 nitrogen and oxygen atoms in total. The van der Waals surface area contributed by atoms with Crippen molar-refractivity contribution in [3.05, 3.63) is 76.1 Å². The average Bonchev–Trinajstić information content (AvgIpc) is 2.67. The van der Waals surface area contributed by atoms with E-state index in [4.69, 9.17) is 15.2 Å². The third-order valence-electron chi connectivity index (χ3n) is 4.05. The number of H-pyrrole nitrogens is 1. The fourth-order valence-electron chi connectivity index (χ4n) is 2.70. The number of carbonyl (C=O) groups is 1. The maximum atomic E-state index is 12.7. The first-order valence-electron chi connectivity index (χ1n) is 7.90. The Labute approximate surface area is 150 Å². The number of aromatic amines is 1. The molecule has 0 amide bonds. The fourth-order valence-corrected chi connectivity index (χ4v) is 2.70. The van der Waals surface area contributed by atoms with Gasteiger partial charge in [0, 0.05) is 11.1 Å². The van der Waals surface area contributed by atoms with Gasteiger partial charge >= 0.3 is 0 Å². The van der Waals surface area contributed by atoms with Crippen LogP contribution in [0.3, 0.4) is 0 Å². The summed E-state index contributed by atoms with van der Waals surface area (Å²) in [5.41, 5.74) is 7.13. The first-order valence-corrected chi connectivity index (χ1v) is 7.90. The highest BCUT2D eigenvalue weighted by Crippen LogP contribution is 2.31. The van der Waals surface area contributed by atoms with Crippen LogP contribution >= 0.6 is 0 Å². The van der Waals surface area contributed by atoms with E-state index >= 15 is 0 Å². The predicted molar refractivity (Wildman–Crippen MR) is 99.9 cm³/mol. The number of anilines is 1. The lowest BCUT2D eigenvalue weighted by atomic mass is 9.99. The largest absolute Gasteiger partial charge is 0.493 e. The first-order chi connectivity index (χ1) is 12.5. The lowest BCUT2D eigenvalue weighted by molar-refractivity contribution is 0.103. The van der Waals surface area contributed by atoms with Crippen molar-refractivity contribution in [2.24, 2.45) is 0 Å². The number of pyridine rings is 1. The second kappa shape index (κ2) is 7.14. The van der Waals surface area contributed by atoms with E-state index in [0.717, 1.165) is 0 Å². The first kappa shape index (κ1) is 17.3. The van der Waals surface area contributed by atoms with E-state index in [1.165, 1.54) is 20.3 Å². The van der Waals surface area contributed by atoms with Crippen LogP contribution in [0.2, 0.25) is 0 Å². The number of nitrogens with two attached hydrogens (primary N) is 1. The van der Waals surface area contributed by atoms with E-state index in [1.807, 2.05) is 6.07 Å². The van der Waals surface area contributed by atoms with Gasteiger partial charge < -0.3 is 20.2 Å². The Hall–Kier alpha value is -3.54. The van der Waals surface area contributed by atoms with Crippen molar-refractivity contribution in [2.45, 2.75) is 0 Å². The number of aromatic nitrogens is 1. The summed E-state index contributed by atoms with van der Waals surface area (Å²) in [6, 6.07) is 15.4. The number of hydrogen-bond acceptors (Lipinski definition) is 5. The molecule has 0 aliphatic rings. The molecule has 0 fully saturated rings. The van der Waals surface area contributed by atoms with Gasteiger partial charge in [-0.1, -0.05) is 36.4 Å². The molecule has 26 heavy (non-hydrogen) atoms. The Balaban J connectivity index is 2.12. The van der Waals surface area contributed by atoms with Gasteiger partial charge in [-0.3, -0.25) is 9.59 Å². The Morgan fingerprint density at radius 3 is 2.31 bits per heavy atom. The summed E-state index contributed by atoms with van der Waals surface area (Å²) in [5.74, 6) is 0.801. The molecule has 6 heteroatoms. The highest BCUT2D eigenvalue weighted by Gasteiger charge is 2.17. The fraction of sp³-hybridized carbons (Fsp3) is 0.100. The molecule has 0 saturated carbocycles. The zero-order valence-electron chi connectivity index (χ0n) is 14.4. The van der Waals surface area contributed by atoms with E-state index in [0.29, 0.717) is 28.2 Å². The van der Waals surface area contributed by atoms with E-state index < -0.39 is 0 Å². The van der Waals surface area contributed by atoms with Gasteiger partial charge in [-0.15, -0.1) is 0 Å². The summed E-state index contributed by atoms with van der Waals surface area (Å²) in [7, 11) is 3.05. The summed E-state index contributed by atoms with van der Waals surface area (Å²) < 4.78 is 10.5. The van der Waals surface area contributed by atoms with Gasteiger partial charge in [0.25, 0.3) is 5.56 Å². The van der Waals surface area contributed by atoms with Crippen LogP contribution in [0.5, 0.6) is 11.5 Å². The molecule has 0 saturated heterocycles. The van der Waals surface area contributed by atoms with Crippen LogP contribution in [0.1, 0.15) is 15.9 Å². The Bertz CT molecular complexity index is 1010. The van der Waals surface area contributed by atoms with E-state index in [2.05, 4.69) is 4.98 Å². The lowest BCUT2D eigenvalue weighted by Crippen LogP contribution is -2.16. The van der Waals surface area contributed by atoms with Gasteiger partial charge in [0.2, 0.25) is 0 Å². The molecule has 0 aliphatic carbocycles. The van der Waals surface area contributed by atoms with Crippen LogP contribution in [0.25, 0.3) is 11.1 Å². The van der Waals surface area contributed by atoms with Crippen molar-refractivity contribution in [1.82, 2.24) is 4.98 Å². The van der Waals surface area contributed by atoms with Crippen LogP contribution in [0, 0.1) is 0 Å². The second-order valence-electron chi connectivity index (χ2n) is 5.60. The number of carbonyl (C=O) groups excluding carboxylic acids is 1. The van der Waals surface area contributed by atoms with E-state index in [9.17, 15) is 9.59 Å². The number of hydrogen-bond donors (Lipinski definition) is 2. The summed E-state index contributed by atoms with van der Waals surface area (Å²) in [6.07, 6.45) is 0. The van der Waals surface area contributed by atoms with Gasteiger partial charge in [0.05, 0.1) is 19.8 Å². The molecule has 2 aromatic carbocycles. The summed E-state index contributed by atoms with van der Waals surface area (Å²) in [4.78, 5) is 27.7. The Morgan fingerprint density at radius 2 is 1.65 bits per heavy atom. The lowest BCUT2D eigenvalue weighted by Gasteiger charge is -2.11. The summed E-state index contributed by atoms with van der Waals surface area (Å²) in [5, 5.41) is 0. The van der Waals surface area contributed by atoms with Crippen molar-refractivity contribution in [3.8, 4) is 22.6 Å². The Kier molecular flexibility index (Phi) is 4.75. The third kappa shape index (κ3) is 3.17. The van der Waals surface area contributed by atoms with Crippen molar-refractivity contribution in [1.29, 1.82) is 0 Å². The number of ether oxygens (including phenoxy) is 2. The molecule has 3 N–H and O–H groups in total. The molecule has 0 spiro atoms. The molecule has 0 aliphatic heterocycles. The molecular weight excluding hydrogens is 332 g/mol. The van der Waals surface area contributed by atoms with E-state index in [-0.39, 0.29) is 22.7 Å². The number of nitrogen functional groups attached to an aromatic ring is 1. The van der Waals surface area contributed by atoms with Crippen LogP contribution in [-0.4, -0.2) is 25.0 Å². The number of benzene rings is 2. The SMILES string of the molecule is COc1ccc(-c2cc(C(=O)c3ccccc3)c(N)[nH]c2=O)cc1OC. The minimum absolute atomic E-state index is 0.0353. The molecule has 0 atom stereocenters. The summed E-state index contributed by atoms with van der Waals surface area (Å²) in [6.45, 7) is 0. The molecule has 0 radical (unpaired) electrons. The van der Waals surface area contributed by atoms with Crippen LogP contribution in [-0.2, 0) is 0 Å². The molecule has 1 aromatic heterocycles. The Morgan fingerprint density at radius 1 is 0.962 bits per heavy atom. The average molecular weight is 350 g/mol. The molecular formula is C20H18N2O4. The summed E-state index contributed by atoms with van der Waals surface area (Å²) >= 11 is 0. The van der Waals surface area contributed by atoms with Gasteiger partial charge in [-0.2, -0.15) is 0 Å². The van der Waals surface area contributed by atoms with Crippen LogP contribution in [0.15, 0.2) is 59.4 Å². The monoisotopic (exact) mass is 350 g/mol. The van der Waals surface area contributed by atoms with Gasteiger partial charge in [-0.25, -0.2) is 0 Å². The van der Waals surface area contributed by atoms with Gasteiger partial charge in [-0.05, 0) is 23.8 Å². The normalized spacial score (nSPS) is 10.4. The maximum Gasteiger partial charge on any atom is 0.257 e. The van der Waals surface area contributed by atoms with Crippen LogP contribution in [0.4, 0.5) is 5.82 Å². The topological polar surface area (TPSA) is 94.4 Å². The third-order valence-corrected chi connectivity index (χ3v) is 4.05. The molecule has 0 bridgehead atoms. The molecule has 132 valence electrons. The molecule has 3 aromatic rings. The van der Waals surface area contributed by atoms with E-state index in [1.54, 1.807) is 42.5 Å². The number of methoxy groups -OCH3 is 2. The zero-order chi connectivity index (χ0) is 18.7. The quantitative estimate of drug-likeness (QED) is 0.690.